The van der Waals surface area contributed by atoms with E-state index < -0.39 is 0 Å². The molecule has 6 heteroatoms. The first-order valence-electron chi connectivity index (χ1n) is 9.77. The first-order valence-corrected chi connectivity index (χ1v) is 9.77. The van der Waals surface area contributed by atoms with E-state index in [4.69, 9.17) is 0 Å². The summed E-state index contributed by atoms with van der Waals surface area (Å²) in [4.78, 5) is 12.7. The minimum atomic E-state index is -0.232. The Morgan fingerprint density at radius 2 is 2.00 bits per heavy atom. The third kappa shape index (κ3) is 4.76. The van der Waals surface area contributed by atoms with Crippen molar-refractivity contribution in [1.29, 1.82) is 0 Å². The van der Waals surface area contributed by atoms with E-state index in [9.17, 15) is 9.90 Å². The molecule has 3 rings (SSSR count). The molecule has 1 aromatic carbocycles. The number of rotatable bonds is 7. The van der Waals surface area contributed by atoms with Crippen LogP contribution in [0.3, 0.4) is 0 Å². The number of aromatic nitrogens is 2. The molecule has 1 fully saturated rings. The summed E-state index contributed by atoms with van der Waals surface area (Å²) in [6.07, 6.45) is 2.57. The Balaban J connectivity index is 1.77. The molecule has 1 aromatic heterocycles. The number of piperidine rings is 1. The first kappa shape index (κ1) is 19.6. The summed E-state index contributed by atoms with van der Waals surface area (Å²) in [5.74, 6) is 0.286. The van der Waals surface area contributed by atoms with E-state index in [0.29, 0.717) is 18.2 Å². The Bertz CT molecular complexity index is 749. The van der Waals surface area contributed by atoms with Gasteiger partial charge >= 0.3 is 0 Å². The van der Waals surface area contributed by atoms with Crippen LogP contribution < -0.4 is 10.6 Å². The molecule has 1 aliphatic heterocycles. The van der Waals surface area contributed by atoms with E-state index in [-0.39, 0.29) is 17.9 Å². The van der Waals surface area contributed by atoms with Gasteiger partial charge in [-0.2, -0.15) is 5.10 Å². The van der Waals surface area contributed by atoms with Gasteiger partial charge in [-0.05, 0) is 56.5 Å². The topological polar surface area (TPSA) is 79.2 Å². The van der Waals surface area contributed by atoms with Gasteiger partial charge in [-0.25, -0.2) is 4.68 Å². The van der Waals surface area contributed by atoms with Gasteiger partial charge in [-0.1, -0.05) is 32.0 Å². The predicted molar refractivity (Wildman–Crippen MR) is 106 cm³/mol. The van der Waals surface area contributed by atoms with Gasteiger partial charge in [0.25, 0.3) is 5.91 Å². The van der Waals surface area contributed by atoms with Crippen molar-refractivity contribution >= 4 is 5.91 Å². The molecule has 0 atom stereocenters. The highest BCUT2D eigenvalue weighted by molar-refractivity contribution is 5.92. The van der Waals surface area contributed by atoms with Crippen LogP contribution in [0.1, 0.15) is 42.9 Å². The Morgan fingerprint density at radius 1 is 1.30 bits per heavy atom. The molecule has 3 N–H and O–H groups in total. The third-order valence-electron chi connectivity index (χ3n) is 5.26. The van der Waals surface area contributed by atoms with Crippen LogP contribution in [-0.2, 0) is 6.42 Å². The van der Waals surface area contributed by atoms with Gasteiger partial charge in [-0.15, -0.1) is 0 Å². The zero-order valence-electron chi connectivity index (χ0n) is 16.2. The van der Waals surface area contributed by atoms with Gasteiger partial charge in [0.15, 0.2) is 5.69 Å². The number of amides is 1. The lowest BCUT2D eigenvalue weighted by Crippen LogP contribution is -2.46. The number of hydrogen-bond acceptors (Lipinski definition) is 4. The molecule has 27 heavy (non-hydrogen) atoms. The van der Waals surface area contributed by atoms with E-state index >= 15 is 0 Å². The zero-order chi connectivity index (χ0) is 19.3. The highest BCUT2D eigenvalue weighted by Crippen LogP contribution is 2.27. The molecule has 1 saturated heterocycles. The van der Waals surface area contributed by atoms with Crippen LogP contribution in [0.4, 0.5) is 0 Å². The maximum Gasteiger partial charge on any atom is 0.271 e. The van der Waals surface area contributed by atoms with Crippen molar-refractivity contribution in [3.8, 4) is 5.69 Å². The van der Waals surface area contributed by atoms with Gasteiger partial charge in [0.2, 0.25) is 0 Å². The van der Waals surface area contributed by atoms with Crippen LogP contribution in [-0.4, -0.2) is 47.0 Å². The Kier molecular flexibility index (Phi) is 6.29. The molecule has 1 amide bonds. The summed E-state index contributed by atoms with van der Waals surface area (Å²) < 4.78 is 1.86. The van der Waals surface area contributed by atoms with E-state index in [1.807, 2.05) is 41.1 Å². The molecule has 0 bridgehead atoms. The Morgan fingerprint density at radius 3 is 2.63 bits per heavy atom. The SMILES string of the molecule is CC(C)Cc1cc(C(=O)NCC2(CO)CCNCC2)nn1-c1ccccc1. The fourth-order valence-electron chi connectivity index (χ4n) is 3.59. The second-order valence-corrected chi connectivity index (χ2v) is 7.96. The molecule has 2 heterocycles. The highest BCUT2D eigenvalue weighted by atomic mass is 16.3. The molecular formula is C21H30N4O2. The lowest BCUT2D eigenvalue weighted by molar-refractivity contribution is 0.0754. The van der Waals surface area contributed by atoms with Crippen molar-refractivity contribution in [3.05, 3.63) is 47.8 Å². The average molecular weight is 370 g/mol. The number of nitrogens with zero attached hydrogens (tertiary/aromatic N) is 2. The molecule has 0 spiro atoms. The summed E-state index contributed by atoms with van der Waals surface area (Å²) in [7, 11) is 0. The van der Waals surface area contributed by atoms with E-state index in [1.54, 1.807) is 0 Å². The smallest absolute Gasteiger partial charge is 0.271 e. The first-order chi connectivity index (χ1) is 13.0. The minimum Gasteiger partial charge on any atom is -0.396 e. The number of para-hydroxylation sites is 1. The lowest BCUT2D eigenvalue weighted by atomic mass is 9.79. The monoisotopic (exact) mass is 370 g/mol. The van der Waals surface area contributed by atoms with Crippen molar-refractivity contribution in [2.24, 2.45) is 11.3 Å². The van der Waals surface area contributed by atoms with Crippen molar-refractivity contribution in [2.45, 2.75) is 33.1 Å². The van der Waals surface area contributed by atoms with Gasteiger partial charge in [0, 0.05) is 17.7 Å². The van der Waals surface area contributed by atoms with Crippen LogP contribution in [0, 0.1) is 11.3 Å². The maximum atomic E-state index is 12.7. The number of benzene rings is 1. The fraction of sp³-hybridized carbons (Fsp3) is 0.524. The number of aliphatic hydroxyl groups excluding tert-OH is 1. The van der Waals surface area contributed by atoms with E-state index in [2.05, 4.69) is 29.6 Å². The molecule has 0 unspecified atom stereocenters. The molecule has 1 aliphatic rings. The number of carbonyl (C=O) groups is 1. The largest absolute Gasteiger partial charge is 0.396 e. The molecule has 6 nitrogen and oxygen atoms in total. The molecular weight excluding hydrogens is 340 g/mol. The maximum absolute atomic E-state index is 12.7. The van der Waals surface area contributed by atoms with Crippen molar-refractivity contribution in [3.63, 3.8) is 0 Å². The van der Waals surface area contributed by atoms with Gasteiger partial charge in [0.05, 0.1) is 12.3 Å². The van der Waals surface area contributed by atoms with E-state index in [1.165, 1.54) is 0 Å². The fourth-order valence-corrected chi connectivity index (χ4v) is 3.59. The lowest BCUT2D eigenvalue weighted by Gasteiger charge is -2.35. The second-order valence-electron chi connectivity index (χ2n) is 7.96. The van der Waals surface area contributed by atoms with Crippen LogP contribution in [0.15, 0.2) is 36.4 Å². The number of hydrogen-bond donors (Lipinski definition) is 3. The van der Waals surface area contributed by atoms with Crippen LogP contribution in [0.5, 0.6) is 0 Å². The van der Waals surface area contributed by atoms with Crippen LogP contribution >= 0.6 is 0 Å². The molecule has 0 aliphatic carbocycles. The summed E-state index contributed by atoms with van der Waals surface area (Å²) in [5, 5.41) is 20.7. The zero-order valence-corrected chi connectivity index (χ0v) is 16.2. The van der Waals surface area contributed by atoms with Crippen molar-refractivity contribution in [2.75, 3.05) is 26.2 Å². The number of carbonyl (C=O) groups excluding carboxylic acids is 1. The van der Waals surface area contributed by atoms with Crippen LogP contribution in [0.2, 0.25) is 0 Å². The van der Waals surface area contributed by atoms with Crippen molar-refractivity contribution < 1.29 is 9.90 Å². The normalized spacial score (nSPS) is 16.4. The summed E-state index contributed by atoms with van der Waals surface area (Å²) in [6, 6.07) is 11.8. The summed E-state index contributed by atoms with van der Waals surface area (Å²) >= 11 is 0. The van der Waals surface area contributed by atoms with Crippen molar-refractivity contribution in [1.82, 2.24) is 20.4 Å². The van der Waals surface area contributed by atoms with Crippen LogP contribution in [0.25, 0.3) is 5.69 Å². The quantitative estimate of drug-likeness (QED) is 0.698. The van der Waals surface area contributed by atoms with E-state index in [0.717, 1.165) is 43.7 Å². The third-order valence-corrected chi connectivity index (χ3v) is 5.26. The van der Waals surface area contributed by atoms with Gasteiger partial charge in [0.1, 0.15) is 0 Å². The number of aliphatic hydroxyl groups is 1. The molecule has 2 aromatic rings. The Labute approximate surface area is 161 Å². The molecule has 146 valence electrons. The molecule has 0 saturated carbocycles. The summed E-state index contributed by atoms with van der Waals surface area (Å²) in [6.45, 7) is 6.62. The second kappa shape index (κ2) is 8.67. The minimum absolute atomic E-state index is 0.0893. The average Bonchev–Trinajstić information content (AvgIpc) is 3.10. The molecule has 0 radical (unpaired) electrons. The number of nitrogens with one attached hydrogen (secondary N) is 2. The summed E-state index contributed by atoms with van der Waals surface area (Å²) in [5.41, 5.74) is 2.18. The highest BCUT2D eigenvalue weighted by Gasteiger charge is 2.32. The van der Waals surface area contributed by atoms with Gasteiger partial charge < -0.3 is 15.7 Å². The Hall–Kier alpha value is -2.18. The predicted octanol–water partition coefficient (Wildman–Crippen LogP) is 2.16. The standard InChI is InChI=1S/C21H30N4O2/c1-16(2)12-18-13-19(24-25(18)17-6-4-3-5-7-17)20(27)23-14-21(15-26)8-10-22-11-9-21/h3-7,13,16,22,26H,8-12,14-15H2,1-2H3,(H,23,27). The van der Waals surface area contributed by atoms with Gasteiger partial charge in [-0.3, -0.25) is 4.79 Å².